The smallest absolute Gasteiger partial charge is 0.249 e. The molecule has 0 radical (unpaired) electrons. The Morgan fingerprint density at radius 3 is 2.83 bits per heavy atom. The average Bonchev–Trinajstić information content (AvgIpc) is 3.49. The Bertz CT molecular complexity index is 1140. The molecule has 2 aromatic carbocycles. The summed E-state index contributed by atoms with van der Waals surface area (Å²) in [6.07, 6.45) is 3.26. The maximum Gasteiger partial charge on any atom is 0.249 e. The Hall–Kier alpha value is -3.39. The minimum absolute atomic E-state index is 0.220. The molecule has 0 unspecified atom stereocenters. The summed E-state index contributed by atoms with van der Waals surface area (Å²) < 4.78 is 17.7. The van der Waals surface area contributed by atoms with Gasteiger partial charge >= 0.3 is 0 Å². The lowest BCUT2D eigenvalue weighted by Gasteiger charge is -2.10. The molecule has 2 aliphatic rings. The van der Waals surface area contributed by atoms with Crippen molar-refractivity contribution >= 4 is 29.6 Å². The quantitative estimate of drug-likeness (QED) is 0.628. The third-order valence-corrected chi connectivity index (χ3v) is 5.90. The van der Waals surface area contributed by atoms with Crippen LogP contribution in [0.25, 0.3) is 11.8 Å². The van der Waals surface area contributed by atoms with Crippen LogP contribution in [0.5, 0.6) is 17.2 Å². The standard InChI is InChI=1S/C22H19N3O4S/c1-27-16-6-4-15(5-7-16)25-22(17-11-30-12-18(17)24-25)23-21(26)9-3-14-2-8-19-20(10-14)29-13-28-19/h2-10H,11-13H2,1H3,(H,23,26)/b9-3-. The highest BCUT2D eigenvalue weighted by molar-refractivity contribution is 7.98. The number of nitrogens with one attached hydrogen (secondary N) is 1. The predicted octanol–water partition coefficient (Wildman–Crippen LogP) is 4.01. The Morgan fingerprint density at radius 2 is 2.00 bits per heavy atom. The van der Waals surface area contributed by atoms with Crippen LogP contribution in [0.1, 0.15) is 16.8 Å². The summed E-state index contributed by atoms with van der Waals surface area (Å²) in [5, 5.41) is 7.73. The van der Waals surface area contributed by atoms with E-state index in [-0.39, 0.29) is 12.7 Å². The Kier molecular flexibility index (Phi) is 4.84. The van der Waals surface area contributed by atoms with Crippen molar-refractivity contribution in [3.63, 3.8) is 0 Å². The zero-order chi connectivity index (χ0) is 20.5. The first-order chi connectivity index (χ1) is 14.7. The zero-order valence-electron chi connectivity index (χ0n) is 16.3. The van der Waals surface area contributed by atoms with Crippen LogP contribution in [0.15, 0.2) is 48.5 Å². The van der Waals surface area contributed by atoms with Gasteiger partial charge in [-0.15, -0.1) is 0 Å². The maximum absolute atomic E-state index is 12.7. The van der Waals surface area contributed by atoms with Crippen LogP contribution in [0.2, 0.25) is 0 Å². The van der Waals surface area contributed by atoms with E-state index < -0.39 is 0 Å². The van der Waals surface area contributed by atoms with E-state index in [4.69, 9.17) is 19.3 Å². The molecule has 1 N–H and O–H groups in total. The van der Waals surface area contributed by atoms with E-state index in [1.54, 1.807) is 29.6 Å². The van der Waals surface area contributed by atoms with E-state index in [2.05, 4.69) is 5.32 Å². The van der Waals surface area contributed by atoms with Crippen LogP contribution in [0.4, 0.5) is 5.82 Å². The number of hydrogen-bond donors (Lipinski definition) is 1. The van der Waals surface area contributed by atoms with Gasteiger partial charge in [0.25, 0.3) is 0 Å². The van der Waals surface area contributed by atoms with E-state index in [1.807, 2.05) is 42.5 Å². The summed E-state index contributed by atoms with van der Waals surface area (Å²) in [4.78, 5) is 12.7. The van der Waals surface area contributed by atoms with Gasteiger partial charge < -0.3 is 19.5 Å². The molecule has 8 heteroatoms. The van der Waals surface area contributed by atoms with Crippen LogP contribution >= 0.6 is 11.8 Å². The molecule has 0 bridgehead atoms. The molecule has 0 fully saturated rings. The zero-order valence-corrected chi connectivity index (χ0v) is 17.1. The Labute approximate surface area is 177 Å². The number of methoxy groups -OCH3 is 1. The van der Waals surface area contributed by atoms with E-state index in [0.29, 0.717) is 17.3 Å². The number of rotatable bonds is 5. The molecule has 152 valence electrons. The number of ether oxygens (including phenoxy) is 3. The number of anilines is 1. The number of carbonyl (C=O) groups excluding carboxylic acids is 1. The van der Waals surface area contributed by atoms with Gasteiger partial charge in [0.2, 0.25) is 12.7 Å². The van der Waals surface area contributed by atoms with Crippen molar-refractivity contribution in [2.75, 3.05) is 19.2 Å². The van der Waals surface area contributed by atoms with Crippen LogP contribution in [-0.2, 0) is 16.3 Å². The van der Waals surface area contributed by atoms with E-state index >= 15 is 0 Å². The molecule has 3 aromatic rings. The van der Waals surface area contributed by atoms with Crippen LogP contribution < -0.4 is 19.5 Å². The molecule has 0 atom stereocenters. The van der Waals surface area contributed by atoms with Crippen molar-refractivity contribution in [2.24, 2.45) is 0 Å². The van der Waals surface area contributed by atoms with Crippen molar-refractivity contribution in [2.45, 2.75) is 11.5 Å². The van der Waals surface area contributed by atoms with Gasteiger partial charge in [-0.3, -0.25) is 4.79 Å². The van der Waals surface area contributed by atoms with Gasteiger partial charge in [-0.05, 0) is 48.0 Å². The highest BCUT2D eigenvalue weighted by Crippen LogP contribution is 2.36. The summed E-state index contributed by atoms with van der Waals surface area (Å²) >= 11 is 1.79. The fourth-order valence-corrected chi connectivity index (χ4v) is 4.43. The van der Waals surface area contributed by atoms with Gasteiger partial charge in [-0.2, -0.15) is 16.9 Å². The van der Waals surface area contributed by atoms with Gasteiger partial charge in [-0.25, -0.2) is 4.68 Å². The molecular formula is C22H19N3O4S. The number of thioether (sulfide) groups is 1. The number of fused-ring (bicyclic) bond motifs is 2. The van der Waals surface area contributed by atoms with Crippen molar-refractivity contribution in [3.05, 3.63) is 65.4 Å². The van der Waals surface area contributed by atoms with Crippen molar-refractivity contribution in [3.8, 4) is 22.9 Å². The topological polar surface area (TPSA) is 74.6 Å². The molecule has 3 heterocycles. The summed E-state index contributed by atoms with van der Waals surface area (Å²) in [7, 11) is 1.63. The lowest BCUT2D eigenvalue weighted by molar-refractivity contribution is -0.111. The number of hydrogen-bond acceptors (Lipinski definition) is 6. The highest BCUT2D eigenvalue weighted by Gasteiger charge is 2.24. The molecule has 7 nitrogen and oxygen atoms in total. The molecule has 1 amide bonds. The SMILES string of the molecule is COc1ccc(-n2nc3c(c2NC(=O)/C=C\c2ccc4c(c2)OCO4)CSC3)cc1. The summed E-state index contributed by atoms with van der Waals surface area (Å²) in [5.74, 6) is 4.33. The lowest BCUT2D eigenvalue weighted by Crippen LogP contribution is -2.13. The van der Waals surface area contributed by atoms with E-state index in [1.165, 1.54) is 6.08 Å². The maximum atomic E-state index is 12.7. The van der Waals surface area contributed by atoms with Gasteiger partial charge in [0, 0.05) is 23.1 Å². The number of benzene rings is 2. The van der Waals surface area contributed by atoms with Gasteiger partial charge in [-0.1, -0.05) is 6.07 Å². The van der Waals surface area contributed by atoms with E-state index in [9.17, 15) is 4.79 Å². The summed E-state index contributed by atoms with van der Waals surface area (Å²) in [5.41, 5.74) is 3.80. The number of aromatic nitrogens is 2. The monoisotopic (exact) mass is 421 g/mol. The predicted molar refractivity (Wildman–Crippen MR) is 115 cm³/mol. The minimum Gasteiger partial charge on any atom is -0.497 e. The number of nitrogens with zero attached hydrogens (tertiary/aromatic N) is 2. The van der Waals surface area contributed by atoms with Gasteiger partial charge in [0.1, 0.15) is 11.6 Å². The first-order valence-corrected chi connectivity index (χ1v) is 10.6. The molecule has 2 aliphatic heterocycles. The molecule has 0 aliphatic carbocycles. The van der Waals surface area contributed by atoms with Gasteiger partial charge in [0.05, 0.1) is 18.5 Å². The largest absolute Gasteiger partial charge is 0.497 e. The second kappa shape index (κ2) is 7.79. The second-order valence-electron chi connectivity index (χ2n) is 6.81. The van der Waals surface area contributed by atoms with Crippen LogP contribution in [0.3, 0.4) is 0 Å². The molecule has 1 aromatic heterocycles. The highest BCUT2D eigenvalue weighted by atomic mass is 32.2. The normalized spacial score (nSPS) is 14.2. The van der Waals surface area contributed by atoms with Crippen molar-refractivity contribution in [1.29, 1.82) is 0 Å². The molecule has 5 rings (SSSR count). The Balaban J connectivity index is 1.39. The molecular weight excluding hydrogens is 402 g/mol. The Morgan fingerprint density at radius 1 is 1.17 bits per heavy atom. The van der Waals surface area contributed by atoms with E-state index in [0.717, 1.165) is 39.8 Å². The molecule has 0 spiro atoms. The third kappa shape index (κ3) is 3.50. The molecule has 30 heavy (non-hydrogen) atoms. The van der Waals surface area contributed by atoms with Crippen molar-refractivity contribution in [1.82, 2.24) is 9.78 Å². The minimum atomic E-state index is -0.220. The number of carbonyl (C=O) groups is 1. The first kappa shape index (κ1) is 18.6. The summed E-state index contributed by atoms with van der Waals surface area (Å²) in [6.45, 7) is 0.224. The van der Waals surface area contributed by atoms with Crippen LogP contribution in [-0.4, -0.2) is 29.6 Å². The molecule has 0 saturated heterocycles. The lowest BCUT2D eigenvalue weighted by atomic mass is 10.2. The summed E-state index contributed by atoms with van der Waals surface area (Å²) in [6, 6.07) is 13.2. The van der Waals surface area contributed by atoms with Crippen LogP contribution in [0, 0.1) is 0 Å². The molecule has 0 saturated carbocycles. The average molecular weight is 421 g/mol. The van der Waals surface area contributed by atoms with Crippen molar-refractivity contribution < 1.29 is 19.0 Å². The third-order valence-electron chi connectivity index (χ3n) is 4.93. The fraction of sp³-hybridized carbons (Fsp3) is 0.182. The first-order valence-electron chi connectivity index (χ1n) is 9.43. The fourth-order valence-electron chi connectivity index (χ4n) is 3.40. The van der Waals surface area contributed by atoms with Gasteiger partial charge in [0.15, 0.2) is 11.5 Å². The second-order valence-corrected chi connectivity index (χ2v) is 7.80. The number of amides is 1.